The van der Waals surface area contributed by atoms with Crippen LogP contribution in [0, 0.1) is 32.6 Å². The van der Waals surface area contributed by atoms with Crippen LogP contribution < -0.4 is 0 Å². The molecule has 0 radical (unpaired) electrons. The van der Waals surface area contributed by atoms with Crippen molar-refractivity contribution in [2.75, 3.05) is 24.6 Å². The lowest BCUT2D eigenvalue weighted by atomic mass is 9.82. The summed E-state index contributed by atoms with van der Waals surface area (Å²) < 4.78 is 25.8. The summed E-state index contributed by atoms with van der Waals surface area (Å²) in [6.45, 7) is 12.7. The fourth-order valence-electron chi connectivity index (χ4n) is 7.92. The molecule has 2 bridgehead atoms. The molecule has 0 aromatic carbocycles. The molecule has 4 aromatic rings. The first kappa shape index (κ1) is 24.8. The molecule has 4 unspecified atom stereocenters. The van der Waals surface area contributed by atoms with Gasteiger partial charge in [0.25, 0.3) is 0 Å². The zero-order chi connectivity index (χ0) is 26.5. The molecule has 4 atom stereocenters. The third kappa shape index (κ3) is 3.64. The number of thiophene rings is 1. The highest BCUT2D eigenvalue weighted by Gasteiger charge is 2.49. The number of sulfone groups is 1. The van der Waals surface area contributed by atoms with Crippen LogP contribution in [-0.4, -0.2) is 63.5 Å². The van der Waals surface area contributed by atoms with Crippen LogP contribution in [0.5, 0.6) is 0 Å². The lowest BCUT2D eigenvalue weighted by Gasteiger charge is -2.38. The van der Waals surface area contributed by atoms with E-state index in [2.05, 4.69) is 60.8 Å². The highest BCUT2D eigenvalue weighted by atomic mass is 32.2. The fraction of sp³-hybridized carbons (Fsp3) is 0.586. The van der Waals surface area contributed by atoms with Gasteiger partial charge < -0.3 is 4.98 Å². The SMILES string of the molecule is Cc1c(-c2[nH]c3sc(C4CC5CC4CC5N4CCS(=O)(=O)CC4)c(C)c3c2C(C)C)cn2ncnc2c1C. The van der Waals surface area contributed by atoms with Crippen LogP contribution in [-0.2, 0) is 9.84 Å². The van der Waals surface area contributed by atoms with Gasteiger partial charge in [-0.1, -0.05) is 13.8 Å². The molecule has 2 aliphatic carbocycles. The molecule has 1 saturated heterocycles. The van der Waals surface area contributed by atoms with Crippen LogP contribution in [0.1, 0.15) is 72.1 Å². The second-order valence-corrected chi connectivity index (χ2v) is 15.6. The molecule has 9 heteroatoms. The highest BCUT2D eigenvalue weighted by Crippen LogP contribution is 2.57. The van der Waals surface area contributed by atoms with Crippen LogP contribution in [0.25, 0.3) is 27.1 Å². The number of rotatable bonds is 4. The van der Waals surface area contributed by atoms with E-state index in [4.69, 9.17) is 0 Å². The van der Waals surface area contributed by atoms with E-state index in [-0.39, 0.29) is 0 Å². The van der Waals surface area contributed by atoms with Crippen LogP contribution in [0.4, 0.5) is 0 Å². The maximum absolute atomic E-state index is 11.9. The van der Waals surface area contributed by atoms with E-state index in [0.29, 0.717) is 41.2 Å². The van der Waals surface area contributed by atoms with Crippen molar-refractivity contribution >= 4 is 37.0 Å². The number of pyridine rings is 1. The summed E-state index contributed by atoms with van der Waals surface area (Å²) >= 11 is 1.98. The van der Waals surface area contributed by atoms with Crippen molar-refractivity contribution in [1.82, 2.24) is 24.5 Å². The van der Waals surface area contributed by atoms with Crippen molar-refractivity contribution < 1.29 is 8.42 Å². The van der Waals surface area contributed by atoms with Crippen LogP contribution in [0.3, 0.4) is 0 Å². The standard InChI is InChI=1S/C29H37N5O2S2/c1-15(2)24-25-18(5)27(21-11-20-10-19(21)12-23(20)33-6-8-38(35,36)9-7-33)37-29(25)32-26(24)22-13-34-28(30-14-31-34)17(4)16(22)3/h13-15,19-21,23,32H,6-12H2,1-5H3. The number of aromatic amines is 1. The Kier molecular flexibility index (Phi) is 5.63. The summed E-state index contributed by atoms with van der Waals surface area (Å²) in [5, 5.41) is 5.86. The van der Waals surface area contributed by atoms with Crippen molar-refractivity contribution in [2.24, 2.45) is 11.8 Å². The van der Waals surface area contributed by atoms with Crippen LogP contribution in [0.15, 0.2) is 12.5 Å². The minimum absolute atomic E-state index is 0.336. The average molecular weight is 552 g/mol. The summed E-state index contributed by atoms with van der Waals surface area (Å²) in [6.07, 6.45) is 7.52. The van der Waals surface area contributed by atoms with Crippen molar-refractivity contribution in [2.45, 2.75) is 71.8 Å². The third-order valence-electron chi connectivity index (χ3n) is 9.94. The zero-order valence-corrected chi connectivity index (χ0v) is 24.5. The first-order valence-electron chi connectivity index (χ1n) is 14.0. The van der Waals surface area contributed by atoms with E-state index in [1.165, 1.54) is 63.0 Å². The molecule has 3 aliphatic rings. The van der Waals surface area contributed by atoms with E-state index in [0.717, 1.165) is 18.7 Å². The van der Waals surface area contributed by atoms with E-state index >= 15 is 0 Å². The number of hydrogen-bond donors (Lipinski definition) is 1. The molecule has 2 saturated carbocycles. The van der Waals surface area contributed by atoms with E-state index in [9.17, 15) is 8.42 Å². The van der Waals surface area contributed by atoms with E-state index < -0.39 is 9.84 Å². The Morgan fingerprint density at radius 2 is 1.79 bits per heavy atom. The molecule has 38 heavy (non-hydrogen) atoms. The molecule has 5 heterocycles. The lowest BCUT2D eigenvalue weighted by Crippen LogP contribution is -2.48. The number of nitrogens with one attached hydrogen (secondary N) is 1. The Labute approximate surface area is 228 Å². The lowest BCUT2D eigenvalue weighted by molar-refractivity contribution is 0.148. The molecule has 4 aromatic heterocycles. The topological polar surface area (TPSA) is 83.4 Å². The Morgan fingerprint density at radius 1 is 1.03 bits per heavy atom. The van der Waals surface area contributed by atoms with Gasteiger partial charge in [-0.15, -0.1) is 11.3 Å². The van der Waals surface area contributed by atoms with Crippen LogP contribution in [0.2, 0.25) is 0 Å². The summed E-state index contributed by atoms with van der Waals surface area (Å²) in [5.41, 5.74) is 8.66. The number of aryl methyl sites for hydroxylation is 2. The zero-order valence-electron chi connectivity index (χ0n) is 22.9. The molecular formula is C29H37N5O2S2. The molecule has 1 aliphatic heterocycles. The Balaban J connectivity index is 1.22. The van der Waals surface area contributed by atoms with Crippen molar-refractivity contribution in [3.05, 3.63) is 39.7 Å². The van der Waals surface area contributed by atoms with Crippen LogP contribution >= 0.6 is 11.3 Å². The van der Waals surface area contributed by atoms with Gasteiger partial charge in [0.2, 0.25) is 0 Å². The number of fused-ring (bicyclic) bond motifs is 4. The van der Waals surface area contributed by atoms with E-state index in [1.807, 2.05) is 15.9 Å². The normalized spacial score (nSPS) is 27.4. The minimum Gasteiger partial charge on any atom is -0.346 e. The van der Waals surface area contributed by atoms with Gasteiger partial charge in [0.1, 0.15) is 11.2 Å². The quantitative estimate of drug-likeness (QED) is 0.357. The van der Waals surface area contributed by atoms with Gasteiger partial charge in [0.15, 0.2) is 15.5 Å². The van der Waals surface area contributed by atoms with Gasteiger partial charge in [-0.25, -0.2) is 17.9 Å². The molecule has 1 N–H and O–H groups in total. The Hall–Kier alpha value is -2.23. The molecule has 7 nitrogen and oxygen atoms in total. The maximum atomic E-state index is 11.9. The van der Waals surface area contributed by atoms with Crippen molar-refractivity contribution in [1.29, 1.82) is 0 Å². The molecule has 7 rings (SSSR count). The Morgan fingerprint density at radius 3 is 2.47 bits per heavy atom. The second-order valence-electron chi connectivity index (χ2n) is 12.3. The predicted molar refractivity (Wildman–Crippen MR) is 154 cm³/mol. The first-order valence-corrected chi connectivity index (χ1v) is 16.7. The first-order chi connectivity index (χ1) is 18.1. The molecular weight excluding hydrogens is 514 g/mol. The largest absolute Gasteiger partial charge is 0.346 e. The number of hydrogen-bond acceptors (Lipinski definition) is 6. The van der Waals surface area contributed by atoms with Gasteiger partial charge in [0.05, 0.1) is 17.2 Å². The number of H-pyrrole nitrogens is 1. The summed E-state index contributed by atoms with van der Waals surface area (Å²) in [7, 11) is -2.83. The highest BCUT2D eigenvalue weighted by molar-refractivity contribution is 7.91. The van der Waals surface area contributed by atoms with Gasteiger partial charge in [-0.3, -0.25) is 4.90 Å². The molecule has 202 valence electrons. The summed E-state index contributed by atoms with van der Waals surface area (Å²) in [4.78, 5) is 13.7. The molecule has 0 amide bonds. The van der Waals surface area contributed by atoms with Gasteiger partial charge in [0, 0.05) is 41.2 Å². The van der Waals surface area contributed by atoms with Gasteiger partial charge in [-0.05, 0) is 86.0 Å². The maximum Gasteiger partial charge on any atom is 0.158 e. The Bertz CT molecular complexity index is 1660. The van der Waals surface area contributed by atoms with Gasteiger partial charge >= 0.3 is 0 Å². The summed E-state index contributed by atoms with van der Waals surface area (Å²) in [6, 6.07) is 0.577. The minimum atomic E-state index is -2.83. The molecule has 3 fully saturated rings. The predicted octanol–water partition coefficient (Wildman–Crippen LogP) is 5.60. The fourth-order valence-corrected chi connectivity index (χ4v) is 10.6. The smallest absolute Gasteiger partial charge is 0.158 e. The second kappa shape index (κ2) is 8.63. The van der Waals surface area contributed by atoms with Crippen molar-refractivity contribution in [3.8, 4) is 11.3 Å². The third-order valence-corrected chi connectivity index (χ3v) is 12.9. The van der Waals surface area contributed by atoms with Crippen molar-refractivity contribution in [3.63, 3.8) is 0 Å². The molecule has 0 spiro atoms. The summed E-state index contributed by atoms with van der Waals surface area (Å²) in [5.74, 6) is 3.11. The monoisotopic (exact) mass is 551 g/mol. The average Bonchev–Trinajstić information content (AvgIpc) is 3.68. The number of nitrogens with zero attached hydrogens (tertiary/aromatic N) is 4. The van der Waals surface area contributed by atoms with Gasteiger partial charge in [-0.2, -0.15) is 5.10 Å². The number of aromatic nitrogens is 4. The van der Waals surface area contributed by atoms with E-state index in [1.54, 1.807) is 11.2 Å².